The van der Waals surface area contributed by atoms with Crippen molar-refractivity contribution in [3.05, 3.63) is 71.8 Å². The molecule has 0 unspecified atom stereocenters. The Labute approximate surface area is 322 Å². The Balaban J connectivity index is 1.59. The summed E-state index contributed by atoms with van der Waals surface area (Å²) in [6, 6.07) is 16.5. The number of hydrogen-bond donors (Lipinski definition) is 2. The average molecular weight is 766 g/mol. The topological polar surface area (TPSA) is 176 Å². The van der Waals surface area contributed by atoms with Crippen LogP contribution in [0, 0.1) is 16.7 Å². The molecule has 0 bridgehead atoms. The van der Waals surface area contributed by atoms with E-state index in [1.54, 1.807) is 52.0 Å². The van der Waals surface area contributed by atoms with E-state index in [2.05, 4.69) is 10.6 Å². The summed E-state index contributed by atoms with van der Waals surface area (Å²) in [7, 11) is 0. The molecular weight excluding hydrogens is 710 g/mol. The Morgan fingerprint density at radius 3 is 2.05 bits per heavy atom. The second-order valence-corrected chi connectivity index (χ2v) is 15.1. The summed E-state index contributed by atoms with van der Waals surface area (Å²) in [5.74, 6) is -4.45. The van der Waals surface area contributed by atoms with E-state index in [1.165, 1.54) is 0 Å². The fourth-order valence-electron chi connectivity index (χ4n) is 6.69. The fraction of sp³-hybridized carbons (Fsp3) is 0.561. The van der Waals surface area contributed by atoms with Crippen LogP contribution in [0.2, 0.25) is 0 Å². The van der Waals surface area contributed by atoms with E-state index in [4.69, 9.17) is 23.7 Å². The van der Waals surface area contributed by atoms with Crippen molar-refractivity contribution in [3.8, 4) is 0 Å². The van der Waals surface area contributed by atoms with Gasteiger partial charge in [-0.05, 0) is 77.5 Å². The molecule has 2 fully saturated rings. The van der Waals surface area contributed by atoms with Crippen LogP contribution in [0.15, 0.2) is 60.7 Å². The highest BCUT2D eigenvalue weighted by Gasteiger charge is 2.47. The molecule has 55 heavy (non-hydrogen) atoms. The molecule has 1 saturated heterocycles. The number of rotatable bonds is 18. The zero-order valence-corrected chi connectivity index (χ0v) is 32.3. The molecule has 0 radical (unpaired) electrons. The van der Waals surface area contributed by atoms with Gasteiger partial charge in [-0.1, -0.05) is 73.5 Å². The summed E-state index contributed by atoms with van der Waals surface area (Å²) >= 11 is 0. The van der Waals surface area contributed by atoms with Crippen LogP contribution in [0.25, 0.3) is 0 Å². The smallest absolute Gasteiger partial charge is 0.416 e. The van der Waals surface area contributed by atoms with Gasteiger partial charge >= 0.3 is 24.0 Å². The van der Waals surface area contributed by atoms with Gasteiger partial charge in [0.05, 0.1) is 42.6 Å². The minimum atomic E-state index is -1.23. The van der Waals surface area contributed by atoms with Crippen LogP contribution in [0.1, 0.15) is 83.8 Å². The fourth-order valence-corrected chi connectivity index (χ4v) is 6.69. The van der Waals surface area contributed by atoms with Gasteiger partial charge < -0.3 is 34.3 Å². The number of benzene rings is 2. The van der Waals surface area contributed by atoms with Gasteiger partial charge in [-0.15, -0.1) is 0 Å². The molecule has 1 saturated carbocycles. The zero-order valence-electron chi connectivity index (χ0n) is 32.3. The number of ether oxygens (including phenoxy) is 5. The van der Waals surface area contributed by atoms with E-state index in [-0.39, 0.29) is 32.8 Å². The highest BCUT2D eigenvalue weighted by Crippen LogP contribution is 2.44. The molecular formula is C41H55N3O11. The van der Waals surface area contributed by atoms with Crippen LogP contribution < -0.4 is 10.6 Å². The third kappa shape index (κ3) is 12.9. The number of amides is 3. The molecule has 1 heterocycles. The molecule has 14 heteroatoms. The molecule has 0 aromatic heterocycles. The largest absolute Gasteiger partial charge is 0.464 e. The lowest BCUT2D eigenvalue weighted by Gasteiger charge is -2.34. The van der Waals surface area contributed by atoms with Gasteiger partial charge in [0.25, 0.3) is 0 Å². The Bertz CT molecular complexity index is 1580. The van der Waals surface area contributed by atoms with Gasteiger partial charge in [0.15, 0.2) is 6.04 Å². The number of carbonyl (C=O) groups excluding carboxylic acids is 6. The van der Waals surface area contributed by atoms with E-state index in [1.807, 2.05) is 36.4 Å². The van der Waals surface area contributed by atoms with Crippen molar-refractivity contribution in [2.45, 2.75) is 97.9 Å². The molecule has 3 atom stereocenters. The van der Waals surface area contributed by atoms with Crippen molar-refractivity contribution in [2.24, 2.45) is 16.7 Å². The van der Waals surface area contributed by atoms with Gasteiger partial charge in [-0.3, -0.25) is 19.2 Å². The maximum atomic E-state index is 14.3. The van der Waals surface area contributed by atoms with Crippen molar-refractivity contribution < 1.29 is 52.5 Å². The molecule has 2 N–H and O–H groups in total. The SMILES string of the molecule is CCOC(=O)[C@H](COCc1ccccc1)NC(=O)C1(C[C@@H](CN(C(=O)OCc2ccccc2)C(=O)[C@@H]2CCCN2)C(=O)OCOC(=O)C(C)(C)C)CCCC1. The first-order chi connectivity index (χ1) is 26.3. The van der Waals surface area contributed by atoms with E-state index in [9.17, 15) is 28.8 Å². The van der Waals surface area contributed by atoms with Crippen LogP contribution in [-0.4, -0.2) is 85.9 Å². The van der Waals surface area contributed by atoms with Gasteiger partial charge in [0.1, 0.15) is 6.61 Å². The van der Waals surface area contributed by atoms with Crippen molar-refractivity contribution >= 4 is 35.8 Å². The minimum Gasteiger partial charge on any atom is -0.464 e. The Kier molecular flexibility index (Phi) is 16.2. The third-order valence-corrected chi connectivity index (χ3v) is 9.74. The highest BCUT2D eigenvalue weighted by molar-refractivity contribution is 5.96. The van der Waals surface area contributed by atoms with E-state index in [0.717, 1.165) is 10.5 Å². The summed E-state index contributed by atoms with van der Waals surface area (Å²) in [5, 5.41) is 5.93. The van der Waals surface area contributed by atoms with E-state index < -0.39 is 78.0 Å². The average Bonchev–Trinajstić information content (AvgIpc) is 3.89. The predicted molar refractivity (Wildman–Crippen MR) is 200 cm³/mol. The normalized spacial score (nSPS) is 17.3. The van der Waals surface area contributed by atoms with Crippen molar-refractivity contribution in [2.75, 3.05) is 33.1 Å². The summed E-state index contributed by atoms with van der Waals surface area (Å²) < 4.78 is 27.3. The Morgan fingerprint density at radius 1 is 0.836 bits per heavy atom. The minimum absolute atomic E-state index is 0.0861. The Hall–Kier alpha value is -4.82. The van der Waals surface area contributed by atoms with Gasteiger partial charge in [-0.2, -0.15) is 0 Å². The predicted octanol–water partition coefficient (Wildman–Crippen LogP) is 4.83. The standard InChI is InChI=1S/C41H55N3O11/c1-5-52-36(47)33(27-51-25-29-15-8-6-9-16-29)43-37(48)41(20-12-13-21-41)23-31(35(46)54-28-55-38(49)40(2,3)4)24-44(34(45)32-19-14-22-42-32)39(50)53-26-30-17-10-7-11-18-30/h6-11,15-18,31-33,42H,5,12-14,19-28H2,1-4H3,(H,43,48)/t31-,32-,33-/m0/s1. The summed E-state index contributed by atoms with van der Waals surface area (Å²) in [6.45, 7) is 6.03. The number of esters is 3. The molecule has 1 aliphatic carbocycles. The van der Waals surface area contributed by atoms with Crippen LogP contribution in [0.5, 0.6) is 0 Å². The lowest BCUT2D eigenvalue weighted by Crippen LogP contribution is -2.53. The second-order valence-electron chi connectivity index (χ2n) is 15.1. The number of nitrogens with zero attached hydrogens (tertiary/aromatic N) is 1. The number of hydrogen-bond acceptors (Lipinski definition) is 12. The summed E-state index contributed by atoms with van der Waals surface area (Å²) in [4.78, 5) is 82.3. The first-order valence-corrected chi connectivity index (χ1v) is 19.0. The lowest BCUT2D eigenvalue weighted by molar-refractivity contribution is -0.176. The molecule has 2 aromatic rings. The quantitative estimate of drug-likeness (QED) is 0.120. The molecule has 0 spiro atoms. The van der Waals surface area contributed by atoms with Crippen LogP contribution in [-0.2, 0) is 60.9 Å². The monoisotopic (exact) mass is 765 g/mol. The van der Waals surface area contributed by atoms with E-state index >= 15 is 0 Å². The maximum Gasteiger partial charge on any atom is 0.416 e. The highest BCUT2D eigenvalue weighted by atomic mass is 16.7. The summed E-state index contributed by atoms with van der Waals surface area (Å²) in [6.07, 6.45) is 2.13. The molecule has 300 valence electrons. The Morgan fingerprint density at radius 2 is 1.47 bits per heavy atom. The number of nitrogens with one attached hydrogen (secondary N) is 2. The first-order valence-electron chi connectivity index (χ1n) is 19.0. The maximum absolute atomic E-state index is 14.3. The lowest BCUT2D eigenvalue weighted by atomic mass is 9.76. The van der Waals surface area contributed by atoms with Crippen molar-refractivity contribution in [1.82, 2.24) is 15.5 Å². The van der Waals surface area contributed by atoms with Gasteiger partial charge in [0.2, 0.25) is 18.6 Å². The van der Waals surface area contributed by atoms with Crippen molar-refractivity contribution in [1.29, 1.82) is 0 Å². The third-order valence-electron chi connectivity index (χ3n) is 9.74. The molecule has 3 amide bonds. The molecule has 2 aliphatic rings. The molecule has 4 rings (SSSR count). The summed E-state index contributed by atoms with van der Waals surface area (Å²) in [5.41, 5.74) is -0.473. The molecule has 1 aliphatic heterocycles. The van der Waals surface area contributed by atoms with Crippen LogP contribution in [0.3, 0.4) is 0 Å². The number of imide groups is 1. The second kappa shape index (κ2) is 20.7. The first kappa shape index (κ1) is 42.9. The molecule has 2 aromatic carbocycles. The number of carbonyl (C=O) groups is 6. The van der Waals surface area contributed by atoms with E-state index in [0.29, 0.717) is 50.6 Å². The van der Waals surface area contributed by atoms with Crippen molar-refractivity contribution in [3.63, 3.8) is 0 Å². The van der Waals surface area contributed by atoms with Gasteiger partial charge in [0, 0.05) is 6.54 Å². The van der Waals surface area contributed by atoms with Crippen LogP contribution in [0.4, 0.5) is 4.79 Å². The molecule has 14 nitrogen and oxygen atoms in total. The van der Waals surface area contributed by atoms with Gasteiger partial charge in [-0.25, -0.2) is 14.5 Å². The zero-order chi connectivity index (χ0) is 39.8. The van der Waals surface area contributed by atoms with Crippen LogP contribution >= 0.6 is 0 Å².